The Morgan fingerprint density at radius 2 is 1.69 bits per heavy atom. The normalized spacial score (nSPS) is 26.2. The maximum absolute atomic E-state index is 5.78. The average Bonchev–Trinajstić information content (AvgIpc) is 2.87. The van der Waals surface area contributed by atoms with Crippen LogP contribution in [0.2, 0.25) is 0 Å². The van der Waals surface area contributed by atoms with Gasteiger partial charge in [0.25, 0.3) is 0 Å². The van der Waals surface area contributed by atoms with E-state index in [1.165, 1.54) is 30.7 Å². The molecule has 0 amide bonds. The van der Waals surface area contributed by atoms with Crippen molar-refractivity contribution in [1.82, 2.24) is 9.97 Å². The fourth-order valence-electron chi connectivity index (χ4n) is 3.18. The van der Waals surface area contributed by atoms with Gasteiger partial charge in [-0.1, -0.05) is 0 Å². The quantitative estimate of drug-likeness (QED) is 0.681. The molecule has 1 heterocycles. The maximum Gasteiger partial charge on any atom is 0.0910 e. The first kappa shape index (κ1) is 8.50. The molecule has 2 bridgehead atoms. The van der Waals surface area contributed by atoms with Crippen LogP contribution < -0.4 is 5.73 Å². The number of rotatable bonds is 0. The Morgan fingerprint density at radius 1 is 1.00 bits per heavy atom. The number of anilines is 1. The number of nitrogens with two attached hydrogens (primary N) is 1. The Labute approximate surface area is 93.7 Å². The number of fused-ring (bicyclic) bond motifs is 6. The summed E-state index contributed by atoms with van der Waals surface area (Å²) in [7, 11) is 0. The van der Waals surface area contributed by atoms with Gasteiger partial charge in [-0.25, -0.2) is 9.97 Å². The van der Waals surface area contributed by atoms with Crippen molar-refractivity contribution in [2.45, 2.75) is 31.1 Å². The Kier molecular flexibility index (Phi) is 1.45. The van der Waals surface area contributed by atoms with Crippen molar-refractivity contribution in [3.8, 4) is 0 Å². The first-order valence-corrected chi connectivity index (χ1v) is 5.88. The number of benzene rings is 1. The molecule has 0 spiro atoms. The van der Waals surface area contributed by atoms with E-state index in [2.05, 4.69) is 0 Å². The largest absolute Gasteiger partial charge is 0.399 e. The lowest BCUT2D eigenvalue weighted by Crippen LogP contribution is -2.04. The van der Waals surface area contributed by atoms with Crippen molar-refractivity contribution >= 4 is 16.7 Å². The molecule has 2 aliphatic carbocycles. The van der Waals surface area contributed by atoms with Crippen molar-refractivity contribution in [2.24, 2.45) is 0 Å². The van der Waals surface area contributed by atoms with Gasteiger partial charge in [-0.2, -0.15) is 0 Å². The van der Waals surface area contributed by atoms with Gasteiger partial charge in [0.2, 0.25) is 0 Å². The van der Waals surface area contributed by atoms with Crippen LogP contribution in [0.1, 0.15) is 42.5 Å². The van der Waals surface area contributed by atoms with Crippen molar-refractivity contribution in [3.63, 3.8) is 0 Å². The molecule has 3 heteroatoms. The molecule has 1 saturated carbocycles. The molecule has 1 aromatic heterocycles. The molecule has 0 radical (unpaired) electrons. The number of nitrogen functional groups attached to an aromatic ring is 1. The van der Waals surface area contributed by atoms with Gasteiger partial charge >= 0.3 is 0 Å². The Morgan fingerprint density at radius 3 is 2.44 bits per heavy atom. The molecule has 16 heavy (non-hydrogen) atoms. The van der Waals surface area contributed by atoms with E-state index in [4.69, 9.17) is 15.7 Å². The Balaban J connectivity index is 2.03. The summed E-state index contributed by atoms with van der Waals surface area (Å²) in [6.45, 7) is 0. The molecule has 3 nitrogen and oxygen atoms in total. The van der Waals surface area contributed by atoms with Gasteiger partial charge in [-0.15, -0.1) is 0 Å². The van der Waals surface area contributed by atoms with Crippen molar-refractivity contribution in [2.75, 3.05) is 5.73 Å². The zero-order chi connectivity index (χ0) is 10.7. The lowest BCUT2D eigenvalue weighted by Gasteiger charge is -2.13. The zero-order valence-corrected chi connectivity index (χ0v) is 8.98. The summed E-state index contributed by atoms with van der Waals surface area (Å²) in [5, 5.41) is 0. The van der Waals surface area contributed by atoms with Gasteiger partial charge in [0.1, 0.15) is 0 Å². The minimum Gasteiger partial charge on any atom is -0.399 e. The fraction of sp³-hybridized carbons (Fsp3) is 0.385. The number of hydrogen-bond acceptors (Lipinski definition) is 3. The molecule has 1 aromatic carbocycles. The second-order valence-corrected chi connectivity index (χ2v) is 4.95. The van der Waals surface area contributed by atoms with Gasteiger partial charge in [-0.3, -0.25) is 0 Å². The van der Waals surface area contributed by atoms with Crippen molar-refractivity contribution in [3.05, 3.63) is 29.6 Å². The Hall–Kier alpha value is -1.64. The van der Waals surface area contributed by atoms with Crippen LogP contribution >= 0.6 is 0 Å². The molecule has 2 aliphatic rings. The van der Waals surface area contributed by atoms with Crippen LogP contribution in [-0.2, 0) is 0 Å². The van der Waals surface area contributed by atoms with Crippen LogP contribution in [0.5, 0.6) is 0 Å². The van der Waals surface area contributed by atoms with E-state index in [-0.39, 0.29) is 0 Å². The highest BCUT2D eigenvalue weighted by Crippen LogP contribution is 2.51. The predicted octanol–water partition coefficient (Wildman–Crippen LogP) is 2.58. The topological polar surface area (TPSA) is 51.8 Å². The molecule has 1 fully saturated rings. The number of nitrogens with zero attached hydrogens (tertiary/aromatic N) is 2. The highest BCUT2D eigenvalue weighted by atomic mass is 14.9. The van der Waals surface area contributed by atoms with Crippen LogP contribution in [0.25, 0.3) is 11.0 Å². The lowest BCUT2D eigenvalue weighted by molar-refractivity contribution is 0.685. The summed E-state index contributed by atoms with van der Waals surface area (Å²) in [5.74, 6) is 1.34. The average molecular weight is 211 g/mol. The van der Waals surface area contributed by atoms with Crippen molar-refractivity contribution < 1.29 is 0 Å². The van der Waals surface area contributed by atoms with Gasteiger partial charge < -0.3 is 5.73 Å². The molecular weight excluding hydrogens is 198 g/mol. The third-order valence-electron chi connectivity index (χ3n) is 3.95. The summed E-state index contributed by atoms with van der Waals surface area (Å²) in [5.41, 5.74) is 11.0. The highest BCUT2D eigenvalue weighted by molar-refractivity contribution is 5.78. The Bertz CT molecular complexity index is 591. The summed E-state index contributed by atoms with van der Waals surface area (Å²) < 4.78 is 0. The molecular formula is C13H13N3. The zero-order valence-electron chi connectivity index (χ0n) is 8.98. The van der Waals surface area contributed by atoms with Gasteiger partial charge in [0.05, 0.1) is 22.4 Å². The van der Waals surface area contributed by atoms with E-state index >= 15 is 0 Å². The standard InChI is InChI=1S/C13H13N3/c14-9-3-4-10-11(6-9)16-13-8-2-1-7(5-8)12(13)15-10/h3-4,6-8H,1-2,5,14H2. The van der Waals surface area contributed by atoms with Crippen LogP contribution in [0.3, 0.4) is 0 Å². The third kappa shape index (κ3) is 0.979. The molecule has 2 N–H and O–H groups in total. The van der Waals surface area contributed by atoms with E-state index < -0.39 is 0 Å². The fourth-order valence-corrected chi connectivity index (χ4v) is 3.18. The van der Waals surface area contributed by atoms with Gasteiger partial charge in [0.15, 0.2) is 0 Å². The van der Waals surface area contributed by atoms with Crippen molar-refractivity contribution in [1.29, 1.82) is 0 Å². The van der Waals surface area contributed by atoms with E-state index in [0.717, 1.165) is 16.7 Å². The first-order valence-electron chi connectivity index (χ1n) is 5.88. The smallest absolute Gasteiger partial charge is 0.0910 e. The summed E-state index contributed by atoms with van der Waals surface area (Å²) in [6, 6.07) is 5.80. The van der Waals surface area contributed by atoms with Gasteiger partial charge in [0, 0.05) is 17.5 Å². The molecule has 0 aliphatic heterocycles. The highest BCUT2D eigenvalue weighted by Gasteiger charge is 2.39. The lowest BCUT2D eigenvalue weighted by atomic mass is 10.0. The van der Waals surface area contributed by atoms with E-state index in [1.807, 2.05) is 18.2 Å². The first-order chi connectivity index (χ1) is 7.81. The SMILES string of the molecule is Nc1ccc2nc3c(nc2c1)C1CCC3C1. The minimum atomic E-state index is 0.665. The monoisotopic (exact) mass is 211 g/mol. The van der Waals surface area contributed by atoms with E-state index in [1.54, 1.807) is 0 Å². The second kappa shape index (κ2) is 2.73. The number of hydrogen-bond donors (Lipinski definition) is 1. The third-order valence-corrected chi connectivity index (χ3v) is 3.95. The molecule has 4 rings (SSSR count). The summed E-state index contributed by atoms with van der Waals surface area (Å²) in [4.78, 5) is 9.52. The molecule has 2 atom stereocenters. The molecule has 2 aromatic rings. The molecule has 80 valence electrons. The summed E-state index contributed by atoms with van der Waals surface area (Å²) >= 11 is 0. The van der Waals surface area contributed by atoms with E-state index in [0.29, 0.717) is 11.8 Å². The molecule has 0 saturated heterocycles. The van der Waals surface area contributed by atoms with E-state index in [9.17, 15) is 0 Å². The van der Waals surface area contributed by atoms with Crippen LogP contribution in [0, 0.1) is 0 Å². The molecule has 2 unspecified atom stereocenters. The van der Waals surface area contributed by atoms with Gasteiger partial charge in [-0.05, 0) is 37.5 Å². The predicted molar refractivity (Wildman–Crippen MR) is 63.3 cm³/mol. The van der Waals surface area contributed by atoms with Crippen LogP contribution in [0.4, 0.5) is 5.69 Å². The number of aromatic nitrogens is 2. The second-order valence-electron chi connectivity index (χ2n) is 4.95. The maximum atomic E-state index is 5.78. The summed E-state index contributed by atoms with van der Waals surface area (Å²) in [6.07, 6.45) is 3.86. The van der Waals surface area contributed by atoms with Crippen LogP contribution in [-0.4, -0.2) is 9.97 Å². The van der Waals surface area contributed by atoms with Crippen LogP contribution in [0.15, 0.2) is 18.2 Å². The minimum absolute atomic E-state index is 0.665.